The van der Waals surface area contributed by atoms with Gasteiger partial charge in [0, 0.05) is 39.1 Å². The van der Waals surface area contributed by atoms with Crippen molar-refractivity contribution in [2.45, 2.75) is 39.8 Å². The van der Waals surface area contributed by atoms with Crippen LogP contribution in [0.2, 0.25) is 0 Å². The Morgan fingerprint density at radius 3 is 3.00 bits per heavy atom. The standard InChI is InChI=1S/C14H26N2O/c1-4-5-13(2)11-16-8-6-14(12-16)10-15-7-9-17-3/h6,8,12-13,15H,4-5,7,9-11H2,1-3H3. The highest BCUT2D eigenvalue weighted by Gasteiger charge is 2.02. The molecule has 1 aromatic heterocycles. The summed E-state index contributed by atoms with van der Waals surface area (Å²) < 4.78 is 7.30. The number of nitrogens with zero attached hydrogens (tertiary/aromatic N) is 1. The van der Waals surface area contributed by atoms with E-state index in [2.05, 4.69) is 42.2 Å². The van der Waals surface area contributed by atoms with Gasteiger partial charge in [0.15, 0.2) is 0 Å². The van der Waals surface area contributed by atoms with Gasteiger partial charge < -0.3 is 14.6 Å². The summed E-state index contributed by atoms with van der Waals surface area (Å²) in [5.74, 6) is 0.765. The van der Waals surface area contributed by atoms with Crippen LogP contribution >= 0.6 is 0 Å². The molecule has 1 aromatic rings. The average molecular weight is 238 g/mol. The summed E-state index contributed by atoms with van der Waals surface area (Å²) in [6, 6.07) is 2.19. The Morgan fingerprint density at radius 2 is 2.29 bits per heavy atom. The maximum Gasteiger partial charge on any atom is 0.0587 e. The first-order chi connectivity index (χ1) is 8.26. The molecule has 0 spiro atoms. The zero-order valence-corrected chi connectivity index (χ0v) is 11.4. The lowest BCUT2D eigenvalue weighted by Gasteiger charge is -2.10. The molecule has 1 N–H and O–H groups in total. The van der Waals surface area contributed by atoms with Crippen molar-refractivity contribution in [3.05, 3.63) is 24.0 Å². The Hall–Kier alpha value is -0.800. The minimum absolute atomic E-state index is 0.765. The molecular formula is C14H26N2O. The smallest absolute Gasteiger partial charge is 0.0587 e. The lowest BCUT2D eigenvalue weighted by molar-refractivity contribution is 0.199. The predicted octanol–water partition coefficient (Wildman–Crippen LogP) is 2.66. The number of rotatable bonds is 9. The van der Waals surface area contributed by atoms with E-state index in [-0.39, 0.29) is 0 Å². The number of methoxy groups -OCH3 is 1. The van der Waals surface area contributed by atoms with Crippen LogP contribution in [0.3, 0.4) is 0 Å². The molecule has 0 fully saturated rings. The van der Waals surface area contributed by atoms with Gasteiger partial charge in [-0.05, 0) is 24.0 Å². The van der Waals surface area contributed by atoms with Crippen LogP contribution in [0.4, 0.5) is 0 Å². The maximum absolute atomic E-state index is 5.00. The molecule has 0 aliphatic heterocycles. The van der Waals surface area contributed by atoms with Gasteiger partial charge in [0.25, 0.3) is 0 Å². The van der Waals surface area contributed by atoms with Crippen LogP contribution in [-0.2, 0) is 17.8 Å². The number of hydrogen-bond donors (Lipinski definition) is 1. The Balaban J connectivity index is 2.27. The molecule has 1 rings (SSSR count). The molecule has 3 nitrogen and oxygen atoms in total. The van der Waals surface area contributed by atoms with Gasteiger partial charge in [0.1, 0.15) is 0 Å². The lowest BCUT2D eigenvalue weighted by atomic mass is 10.1. The molecule has 17 heavy (non-hydrogen) atoms. The molecule has 0 bridgehead atoms. The van der Waals surface area contributed by atoms with E-state index in [4.69, 9.17) is 4.74 Å². The van der Waals surface area contributed by atoms with Crippen molar-refractivity contribution in [2.24, 2.45) is 5.92 Å². The third-order valence-electron chi connectivity index (χ3n) is 2.93. The summed E-state index contributed by atoms with van der Waals surface area (Å²) >= 11 is 0. The van der Waals surface area contributed by atoms with E-state index in [0.717, 1.165) is 32.2 Å². The molecule has 0 saturated carbocycles. The van der Waals surface area contributed by atoms with Gasteiger partial charge in [-0.2, -0.15) is 0 Å². The lowest BCUT2D eigenvalue weighted by Crippen LogP contribution is -2.18. The fourth-order valence-corrected chi connectivity index (χ4v) is 2.06. The molecule has 1 atom stereocenters. The fourth-order valence-electron chi connectivity index (χ4n) is 2.06. The number of aromatic nitrogens is 1. The molecule has 0 saturated heterocycles. The van der Waals surface area contributed by atoms with Crippen LogP contribution in [0.5, 0.6) is 0 Å². The van der Waals surface area contributed by atoms with Gasteiger partial charge in [0.2, 0.25) is 0 Å². The van der Waals surface area contributed by atoms with Gasteiger partial charge in [-0.15, -0.1) is 0 Å². The van der Waals surface area contributed by atoms with E-state index in [0.29, 0.717) is 0 Å². The Labute approximate surface area is 105 Å². The summed E-state index contributed by atoms with van der Waals surface area (Å²) in [7, 11) is 1.73. The zero-order chi connectivity index (χ0) is 12.5. The Bertz CT molecular complexity index is 296. The second-order valence-corrected chi connectivity index (χ2v) is 4.78. The van der Waals surface area contributed by atoms with Crippen molar-refractivity contribution in [1.29, 1.82) is 0 Å². The monoisotopic (exact) mass is 238 g/mol. The molecule has 1 unspecified atom stereocenters. The molecule has 0 radical (unpaired) electrons. The summed E-state index contributed by atoms with van der Waals surface area (Å²) in [6.45, 7) is 8.31. The highest BCUT2D eigenvalue weighted by molar-refractivity contribution is 5.09. The molecule has 1 heterocycles. The zero-order valence-electron chi connectivity index (χ0n) is 11.4. The molecule has 0 aliphatic carbocycles. The molecular weight excluding hydrogens is 212 g/mol. The first-order valence-corrected chi connectivity index (χ1v) is 6.60. The average Bonchev–Trinajstić information content (AvgIpc) is 2.72. The highest BCUT2D eigenvalue weighted by Crippen LogP contribution is 2.10. The van der Waals surface area contributed by atoms with Crippen molar-refractivity contribution in [1.82, 2.24) is 9.88 Å². The Kier molecular flexibility index (Phi) is 6.97. The summed E-state index contributed by atoms with van der Waals surface area (Å²) in [4.78, 5) is 0. The van der Waals surface area contributed by atoms with Crippen LogP contribution in [0.25, 0.3) is 0 Å². The van der Waals surface area contributed by atoms with E-state index in [9.17, 15) is 0 Å². The van der Waals surface area contributed by atoms with E-state index in [1.54, 1.807) is 7.11 Å². The van der Waals surface area contributed by atoms with Crippen molar-refractivity contribution < 1.29 is 4.74 Å². The second kappa shape index (κ2) is 8.31. The predicted molar refractivity (Wildman–Crippen MR) is 72.1 cm³/mol. The van der Waals surface area contributed by atoms with Crippen LogP contribution in [-0.4, -0.2) is 24.8 Å². The van der Waals surface area contributed by atoms with Gasteiger partial charge in [-0.1, -0.05) is 20.3 Å². The van der Waals surface area contributed by atoms with Crippen molar-refractivity contribution in [2.75, 3.05) is 20.3 Å². The van der Waals surface area contributed by atoms with Crippen LogP contribution in [0.1, 0.15) is 32.3 Å². The Morgan fingerprint density at radius 1 is 1.47 bits per heavy atom. The van der Waals surface area contributed by atoms with E-state index < -0.39 is 0 Å². The first kappa shape index (κ1) is 14.3. The molecule has 0 amide bonds. The summed E-state index contributed by atoms with van der Waals surface area (Å²) in [5, 5.41) is 3.36. The maximum atomic E-state index is 5.00. The summed E-state index contributed by atoms with van der Waals surface area (Å²) in [5.41, 5.74) is 1.35. The second-order valence-electron chi connectivity index (χ2n) is 4.78. The van der Waals surface area contributed by atoms with Crippen molar-refractivity contribution >= 4 is 0 Å². The minimum atomic E-state index is 0.765. The number of hydrogen-bond acceptors (Lipinski definition) is 2. The van der Waals surface area contributed by atoms with E-state index in [1.165, 1.54) is 18.4 Å². The van der Waals surface area contributed by atoms with Gasteiger partial charge in [-0.3, -0.25) is 0 Å². The van der Waals surface area contributed by atoms with Crippen LogP contribution in [0.15, 0.2) is 18.5 Å². The van der Waals surface area contributed by atoms with Gasteiger partial charge >= 0.3 is 0 Å². The molecule has 0 aromatic carbocycles. The molecule has 98 valence electrons. The third kappa shape index (κ3) is 5.89. The third-order valence-corrected chi connectivity index (χ3v) is 2.93. The van der Waals surface area contributed by atoms with Crippen LogP contribution < -0.4 is 5.32 Å². The van der Waals surface area contributed by atoms with Crippen LogP contribution in [0, 0.1) is 5.92 Å². The van der Waals surface area contributed by atoms with Crippen molar-refractivity contribution in [3.63, 3.8) is 0 Å². The fraction of sp³-hybridized carbons (Fsp3) is 0.714. The topological polar surface area (TPSA) is 26.2 Å². The quantitative estimate of drug-likeness (QED) is 0.669. The van der Waals surface area contributed by atoms with E-state index >= 15 is 0 Å². The highest BCUT2D eigenvalue weighted by atomic mass is 16.5. The first-order valence-electron chi connectivity index (χ1n) is 6.60. The molecule has 0 aliphatic rings. The van der Waals surface area contributed by atoms with Gasteiger partial charge in [-0.25, -0.2) is 0 Å². The number of ether oxygens (including phenoxy) is 1. The summed E-state index contributed by atoms with van der Waals surface area (Å²) in [6.07, 6.45) is 7.00. The SMILES string of the molecule is CCCC(C)Cn1ccc(CNCCOC)c1. The molecule has 3 heteroatoms. The normalized spacial score (nSPS) is 12.9. The van der Waals surface area contributed by atoms with E-state index in [1.807, 2.05) is 0 Å². The van der Waals surface area contributed by atoms with Gasteiger partial charge in [0.05, 0.1) is 6.61 Å². The largest absolute Gasteiger partial charge is 0.383 e. The van der Waals surface area contributed by atoms with Crippen molar-refractivity contribution in [3.8, 4) is 0 Å². The minimum Gasteiger partial charge on any atom is -0.383 e. The number of nitrogens with one attached hydrogen (secondary N) is 1.